The summed E-state index contributed by atoms with van der Waals surface area (Å²) >= 11 is 3.46. The van der Waals surface area contributed by atoms with Gasteiger partial charge in [0.1, 0.15) is 0 Å². The van der Waals surface area contributed by atoms with Crippen LogP contribution in [0.3, 0.4) is 0 Å². The van der Waals surface area contributed by atoms with Gasteiger partial charge in [0, 0.05) is 11.2 Å². The van der Waals surface area contributed by atoms with Crippen molar-refractivity contribution in [2.75, 3.05) is 6.61 Å². The van der Waals surface area contributed by atoms with E-state index < -0.39 is 0 Å². The zero-order valence-corrected chi connectivity index (χ0v) is 9.39. The molecule has 0 rings (SSSR count). The number of carbonyl (C=O) groups is 1. The maximum Gasteiger partial charge on any atom is 0.305 e. The van der Waals surface area contributed by atoms with Gasteiger partial charge in [-0.15, -0.1) is 0 Å². The lowest BCUT2D eigenvalue weighted by atomic mass is 10.1. The number of halogens is 1. The van der Waals surface area contributed by atoms with Gasteiger partial charge < -0.3 is 4.74 Å². The van der Waals surface area contributed by atoms with E-state index in [2.05, 4.69) is 22.9 Å². The molecule has 12 heavy (non-hydrogen) atoms. The first-order chi connectivity index (χ1) is 5.66. The first-order valence-electron chi connectivity index (χ1n) is 4.46. The Morgan fingerprint density at radius 3 is 2.67 bits per heavy atom. The van der Waals surface area contributed by atoms with Gasteiger partial charge in [-0.25, -0.2) is 0 Å². The van der Waals surface area contributed by atoms with Gasteiger partial charge in [-0.05, 0) is 19.8 Å². The normalized spacial score (nSPS) is 12.6. The minimum Gasteiger partial charge on any atom is -0.466 e. The lowest BCUT2D eigenvalue weighted by Gasteiger charge is -2.02. The van der Waals surface area contributed by atoms with Crippen LogP contribution in [0.4, 0.5) is 0 Å². The van der Waals surface area contributed by atoms with Gasteiger partial charge in [0.25, 0.3) is 0 Å². The maximum atomic E-state index is 10.9. The molecule has 0 aromatic rings. The van der Waals surface area contributed by atoms with E-state index in [4.69, 9.17) is 4.74 Å². The van der Waals surface area contributed by atoms with E-state index in [1.54, 1.807) is 0 Å². The van der Waals surface area contributed by atoms with E-state index in [1.165, 1.54) is 0 Å². The van der Waals surface area contributed by atoms with Crippen molar-refractivity contribution in [2.45, 2.75) is 44.4 Å². The van der Waals surface area contributed by atoms with Crippen LogP contribution >= 0.6 is 15.9 Å². The number of carbonyl (C=O) groups excluding carboxylic acids is 1. The summed E-state index contributed by atoms with van der Waals surface area (Å²) < 4.78 is 4.80. The lowest BCUT2D eigenvalue weighted by molar-refractivity contribution is -0.143. The molecule has 0 aromatic carbocycles. The van der Waals surface area contributed by atoms with Gasteiger partial charge in [-0.1, -0.05) is 29.3 Å². The monoisotopic (exact) mass is 236 g/mol. The molecule has 1 atom stereocenters. The van der Waals surface area contributed by atoms with Crippen molar-refractivity contribution in [3.8, 4) is 0 Å². The van der Waals surface area contributed by atoms with Gasteiger partial charge in [0.2, 0.25) is 0 Å². The Kier molecular flexibility index (Phi) is 7.56. The third kappa shape index (κ3) is 8.05. The molecule has 72 valence electrons. The fourth-order valence-corrected chi connectivity index (χ4v) is 1.25. The minimum absolute atomic E-state index is 0.0697. The van der Waals surface area contributed by atoms with Gasteiger partial charge >= 0.3 is 5.97 Å². The summed E-state index contributed by atoms with van der Waals surface area (Å²) in [5.41, 5.74) is 0. The molecule has 0 aromatic heterocycles. The van der Waals surface area contributed by atoms with Crippen molar-refractivity contribution in [1.82, 2.24) is 0 Å². The van der Waals surface area contributed by atoms with Gasteiger partial charge in [0.15, 0.2) is 0 Å². The van der Waals surface area contributed by atoms with E-state index in [-0.39, 0.29) is 5.97 Å². The summed E-state index contributed by atoms with van der Waals surface area (Å²) in [6.07, 6.45) is 3.72. The van der Waals surface area contributed by atoms with Crippen molar-refractivity contribution >= 4 is 21.9 Å². The summed E-state index contributed by atoms with van der Waals surface area (Å²) in [4.78, 5) is 11.4. The number of hydrogen-bond acceptors (Lipinski definition) is 2. The van der Waals surface area contributed by atoms with Gasteiger partial charge in [0.05, 0.1) is 6.61 Å². The molecule has 3 heteroatoms. The molecule has 0 aliphatic rings. The Bertz CT molecular complexity index is 124. The summed E-state index contributed by atoms with van der Waals surface area (Å²) in [6, 6.07) is 0. The highest BCUT2D eigenvalue weighted by atomic mass is 79.9. The summed E-state index contributed by atoms with van der Waals surface area (Å²) in [6.45, 7) is 4.44. The number of ether oxygens (including phenoxy) is 1. The summed E-state index contributed by atoms with van der Waals surface area (Å²) in [7, 11) is 0. The average molecular weight is 237 g/mol. The van der Waals surface area contributed by atoms with Crippen LogP contribution in [0, 0.1) is 0 Å². The highest BCUT2D eigenvalue weighted by molar-refractivity contribution is 9.09. The SMILES string of the molecule is CCOC(=O)CCCC[C@H](C)Br. The molecule has 0 spiro atoms. The Hall–Kier alpha value is -0.0500. The molecule has 0 aliphatic carbocycles. The molecule has 0 saturated carbocycles. The second-order valence-electron chi connectivity index (χ2n) is 2.83. The van der Waals surface area contributed by atoms with Crippen molar-refractivity contribution in [3.63, 3.8) is 0 Å². The number of hydrogen-bond donors (Lipinski definition) is 0. The maximum absolute atomic E-state index is 10.9. The van der Waals surface area contributed by atoms with Crippen LogP contribution in [0.5, 0.6) is 0 Å². The molecule has 0 heterocycles. The molecule has 0 fully saturated rings. The highest BCUT2D eigenvalue weighted by Gasteiger charge is 2.01. The molecule has 0 N–H and O–H groups in total. The molecular weight excluding hydrogens is 220 g/mol. The molecule has 0 saturated heterocycles. The van der Waals surface area contributed by atoms with Crippen molar-refractivity contribution in [2.24, 2.45) is 0 Å². The van der Waals surface area contributed by atoms with Crippen molar-refractivity contribution in [1.29, 1.82) is 0 Å². The first-order valence-corrected chi connectivity index (χ1v) is 5.38. The highest BCUT2D eigenvalue weighted by Crippen LogP contribution is 2.09. The molecular formula is C9H17BrO2. The Labute approximate surface area is 82.8 Å². The fraction of sp³-hybridized carbons (Fsp3) is 0.889. The molecule has 0 radical (unpaired) electrons. The Morgan fingerprint density at radius 2 is 2.17 bits per heavy atom. The second-order valence-corrected chi connectivity index (χ2v) is 4.39. The van der Waals surface area contributed by atoms with Crippen LogP contribution in [0.25, 0.3) is 0 Å². The van der Waals surface area contributed by atoms with Gasteiger partial charge in [-0.3, -0.25) is 4.79 Å². The largest absolute Gasteiger partial charge is 0.466 e. The Morgan fingerprint density at radius 1 is 1.50 bits per heavy atom. The summed E-state index contributed by atoms with van der Waals surface area (Å²) in [5, 5.41) is 0. The average Bonchev–Trinajstić information content (AvgIpc) is 1.98. The van der Waals surface area contributed by atoms with Gasteiger partial charge in [-0.2, -0.15) is 0 Å². The number of esters is 1. The second kappa shape index (κ2) is 7.59. The van der Waals surface area contributed by atoms with Crippen LogP contribution in [0.2, 0.25) is 0 Å². The Balaban J connectivity index is 3.14. The van der Waals surface area contributed by atoms with Crippen LogP contribution < -0.4 is 0 Å². The third-order valence-electron chi connectivity index (χ3n) is 1.54. The number of rotatable bonds is 6. The van der Waals surface area contributed by atoms with E-state index >= 15 is 0 Å². The topological polar surface area (TPSA) is 26.3 Å². The zero-order chi connectivity index (χ0) is 9.40. The molecule has 0 bridgehead atoms. The van der Waals surface area contributed by atoms with Crippen LogP contribution in [-0.4, -0.2) is 17.4 Å². The predicted octanol–water partition coefficient (Wildman–Crippen LogP) is 2.89. The van der Waals surface area contributed by atoms with Crippen molar-refractivity contribution in [3.05, 3.63) is 0 Å². The molecule has 0 amide bonds. The summed E-state index contributed by atoms with van der Waals surface area (Å²) in [5.74, 6) is -0.0697. The number of alkyl halides is 1. The smallest absolute Gasteiger partial charge is 0.305 e. The third-order valence-corrected chi connectivity index (χ3v) is 2.00. The lowest BCUT2D eigenvalue weighted by Crippen LogP contribution is -2.03. The van der Waals surface area contributed by atoms with E-state index in [0.717, 1.165) is 19.3 Å². The number of unbranched alkanes of at least 4 members (excludes halogenated alkanes) is 1. The van der Waals surface area contributed by atoms with E-state index in [1.807, 2.05) is 6.92 Å². The van der Waals surface area contributed by atoms with Crippen LogP contribution in [-0.2, 0) is 9.53 Å². The van der Waals surface area contributed by atoms with Crippen LogP contribution in [0.15, 0.2) is 0 Å². The fourth-order valence-electron chi connectivity index (χ4n) is 0.928. The standard InChI is InChI=1S/C9H17BrO2/c1-3-12-9(11)7-5-4-6-8(2)10/h8H,3-7H2,1-2H3/t8-/m0/s1. The minimum atomic E-state index is -0.0697. The van der Waals surface area contributed by atoms with E-state index in [9.17, 15) is 4.79 Å². The van der Waals surface area contributed by atoms with E-state index in [0.29, 0.717) is 17.9 Å². The quantitative estimate of drug-likeness (QED) is 0.403. The van der Waals surface area contributed by atoms with Crippen LogP contribution in [0.1, 0.15) is 39.5 Å². The molecule has 2 nitrogen and oxygen atoms in total. The zero-order valence-electron chi connectivity index (χ0n) is 7.81. The molecule has 0 aliphatic heterocycles. The van der Waals surface area contributed by atoms with Crippen molar-refractivity contribution < 1.29 is 9.53 Å². The first kappa shape index (κ1) is 11.9. The predicted molar refractivity (Wildman–Crippen MR) is 53.5 cm³/mol. The molecule has 0 unspecified atom stereocenters.